The molecule has 4 rings (SSSR count). The number of anilines is 1. The van der Waals surface area contributed by atoms with Crippen LogP contribution in [0, 0.1) is 13.8 Å². The average Bonchev–Trinajstić information content (AvgIpc) is 3.11. The van der Waals surface area contributed by atoms with Crippen LogP contribution in [0.25, 0.3) is 0 Å². The lowest BCUT2D eigenvalue weighted by Gasteiger charge is -2.22. The van der Waals surface area contributed by atoms with Crippen LogP contribution in [0.5, 0.6) is 11.5 Å². The van der Waals surface area contributed by atoms with E-state index in [0.29, 0.717) is 25.8 Å². The van der Waals surface area contributed by atoms with Crippen LogP contribution in [0.2, 0.25) is 0 Å². The summed E-state index contributed by atoms with van der Waals surface area (Å²) in [6.45, 7) is 6.72. The SMILES string of the molecule is Cc1nn(C)c(C)c1NC(=O)C[NH+]1CCC[C@@H]1c1ccc2c(c1)OCCCO2. The normalized spacial score (nSPS) is 21.4. The number of carbonyl (C=O) groups is 1. The molecule has 0 saturated carbocycles. The lowest BCUT2D eigenvalue weighted by Crippen LogP contribution is -3.11. The fraction of sp³-hybridized carbons (Fsp3) is 0.524. The van der Waals surface area contributed by atoms with Crippen LogP contribution in [0.15, 0.2) is 18.2 Å². The molecule has 1 saturated heterocycles. The van der Waals surface area contributed by atoms with Crippen LogP contribution >= 0.6 is 0 Å². The predicted molar refractivity (Wildman–Crippen MR) is 106 cm³/mol. The Labute approximate surface area is 165 Å². The van der Waals surface area contributed by atoms with Crippen molar-refractivity contribution >= 4 is 11.6 Å². The van der Waals surface area contributed by atoms with E-state index in [9.17, 15) is 4.79 Å². The quantitative estimate of drug-likeness (QED) is 0.838. The van der Waals surface area contributed by atoms with Gasteiger partial charge in [0.1, 0.15) is 6.04 Å². The molecule has 0 bridgehead atoms. The number of rotatable bonds is 4. The molecule has 2 aliphatic heterocycles. The van der Waals surface area contributed by atoms with Gasteiger partial charge in [-0.2, -0.15) is 5.10 Å². The number of fused-ring (bicyclic) bond motifs is 1. The predicted octanol–water partition coefficient (Wildman–Crippen LogP) is 1.56. The Hall–Kier alpha value is -2.54. The van der Waals surface area contributed by atoms with Crippen molar-refractivity contribution in [2.24, 2.45) is 7.05 Å². The first-order chi connectivity index (χ1) is 13.5. The Morgan fingerprint density at radius 1 is 1.25 bits per heavy atom. The van der Waals surface area contributed by atoms with Crippen LogP contribution in [0.3, 0.4) is 0 Å². The molecule has 1 fully saturated rings. The largest absolute Gasteiger partial charge is 0.490 e. The first-order valence-corrected chi connectivity index (χ1v) is 10.1. The van der Waals surface area contributed by atoms with Crippen LogP contribution in [0.1, 0.15) is 42.3 Å². The highest BCUT2D eigenvalue weighted by Crippen LogP contribution is 2.33. The number of carbonyl (C=O) groups excluding carboxylic acids is 1. The van der Waals surface area contributed by atoms with E-state index in [0.717, 1.165) is 54.4 Å². The standard InChI is InChI=1S/C21H28N4O3/c1-14-21(15(2)24(3)23-14)22-20(26)13-25-9-4-6-17(25)16-7-8-18-19(12-16)28-11-5-10-27-18/h7-8,12,17H,4-6,9-11,13H2,1-3H3,(H,22,26)/p+1/t17-/m1/s1. The molecule has 7 heteroatoms. The summed E-state index contributed by atoms with van der Waals surface area (Å²) in [5, 5.41) is 7.44. The van der Waals surface area contributed by atoms with E-state index < -0.39 is 0 Å². The molecule has 0 aliphatic carbocycles. The highest BCUT2D eigenvalue weighted by Gasteiger charge is 2.32. The Balaban J connectivity index is 1.46. The summed E-state index contributed by atoms with van der Waals surface area (Å²) >= 11 is 0. The summed E-state index contributed by atoms with van der Waals surface area (Å²) in [6, 6.07) is 6.54. The molecular weight excluding hydrogens is 356 g/mol. The Morgan fingerprint density at radius 2 is 2.04 bits per heavy atom. The van der Waals surface area contributed by atoms with Gasteiger partial charge in [0.05, 0.1) is 36.8 Å². The van der Waals surface area contributed by atoms with E-state index in [-0.39, 0.29) is 5.91 Å². The Kier molecular flexibility index (Phi) is 5.26. The maximum absolute atomic E-state index is 12.7. The smallest absolute Gasteiger partial charge is 0.279 e. The molecule has 2 aromatic rings. The van der Waals surface area contributed by atoms with Crippen molar-refractivity contribution in [3.8, 4) is 11.5 Å². The maximum Gasteiger partial charge on any atom is 0.279 e. The monoisotopic (exact) mass is 385 g/mol. The minimum absolute atomic E-state index is 0.0374. The van der Waals surface area contributed by atoms with E-state index >= 15 is 0 Å². The summed E-state index contributed by atoms with van der Waals surface area (Å²) in [6.07, 6.45) is 3.10. The van der Waals surface area contributed by atoms with Crippen LogP contribution in [-0.4, -0.2) is 42.0 Å². The van der Waals surface area contributed by atoms with Crippen molar-refractivity contribution < 1.29 is 19.2 Å². The number of aryl methyl sites for hydroxylation is 2. The van der Waals surface area contributed by atoms with Crippen molar-refractivity contribution in [3.63, 3.8) is 0 Å². The summed E-state index contributed by atoms with van der Waals surface area (Å²) < 4.78 is 13.4. The second-order valence-corrected chi connectivity index (χ2v) is 7.75. The van der Waals surface area contributed by atoms with Crippen molar-refractivity contribution in [2.75, 3.05) is 31.6 Å². The van der Waals surface area contributed by atoms with Gasteiger partial charge in [-0.15, -0.1) is 0 Å². The topological polar surface area (TPSA) is 69.8 Å². The number of aromatic nitrogens is 2. The second kappa shape index (κ2) is 7.83. The van der Waals surface area contributed by atoms with Gasteiger partial charge in [0, 0.05) is 31.9 Å². The van der Waals surface area contributed by atoms with Gasteiger partial charge in [-0.1, -0.05) is 0 Å². The number of nitrogens with one attached hydrogen (secondary N) is 2. The molecule has 1 unspecified atom stereocenters. The number of hydrogen-bond acceptors (Lipinski definition) is 4. The zero-order valence-electron chi connectivity index (χ0n) is 16.9. The van der Waals surface area contributed by atoms with Crippen LogP contribution in [0.4, 0.5) is 5.69 Å². The Morgan fingerprint density at radius 3 is 2.79 bits per heavy atom. The van der Waals surface area contributed by atoms with Gasteiger partial charge in [0.2, 0.25) is 0 Å². The van der Waals surface area contributed by atoms with Gasteiger partial charge in [0.15, 0.2) is 18.0 Å². The summed E-state index contributed by atoms with van der Waals surface area (Å²) in [7, 11) is 1.89. The molecule has 2 atom stereocenters. The molecule has 2 aliphatic rings. The van der Waals surface area contributed by atoms with E-state index in [1.165, 1.54) is 10.5 Å². The number of quaternary nitrogens is 1. The highest BCUT2D eigenvalue weighted by atomic mass is 16.5. The molecule has 3 heterocycles. The average molecular weight is 385 g/mol. The van der Waals surface area contributed by atoms with Gasteiger partial charge in [-0.05, 0) is 32.0 Å². The van der Waals surface area contributed by atoms with Crippen LogP contribution in [-0.2, 0) is 11.8 Å². The number of nitrogens with zero attached hydrogens (tertiary/aromatic N) is 2. The lowest BCUT2D eigenvalue weighted by molar-refractivity contribution is -0.910. The first kappa shape index (κ1) is 18.8. The molecule has 1 amide bonds. The molecule has 0 radical (unpaired) electrons. The Bertz CT molecular complexity index is 877. The third-order valence-corrected chi connectivity index (χ3v) is 5.82. The molecule has 1 aromatic carbocycles. The molecule has 0 spiro atoms. The third kappa shape index (κ3) is 3.71. The van der Waals surface area contributed by atoms with Crippen molar-refractivity contribution in [1.82, 2.24) is 9.78 Å². The number of amides is 1. The molecule has 28 heavy (non-hydrogen) atoms. The zero-order chi connectivity index (χ0) is 19.7. The molecule has 2 N–H and O–H groups in total. The van der Waals surface area contributed by atoms with E-state index in [2.05, 4.69) is 22.5 Å². The van der Waals surface area contributed by atoms with E-state index in [1.54, 1.807) is 4.68 Å². The number of likely N-dealkylation sites (tertiary alicyclic amines) is 1. The minimum atomic E-state index is 0.0374. The van der Waals surface area contributed by atoms with Gasteiger partial charge in [-0.3, -0.25) is 9.48 Å². The lowest BCUT2D eigenvalue weighted by atomic mass is 10.0. The highest BCUT2D eigenvalue weighted by molar-refractivity contribution is 5.92. The fourth-order valence-electron chi connectivity index (χ4n) is 4.27. The number of benzene rings is 1. The first-order valence-electron chi connectivity index (χ1n) is 10.1. The molecule has 1 aromatic heterocycles. The van der Waals surface area contributed by atoms with E-state index in [4.69, 9.17) is 9.47 Å². The van der Waals surface area contributed by atoms with Crippen molar-refractivity contribution in [3.05, 3.63) is 35.2 Å². The van der Waals surface area contributed by atoms with E-state index in [1.807, 2.05) is 27.0 Å². The number of ether oxygens (including phenoxy) is 2. The van der Waals surface area contributed by atoms with Crippen molar-refractivity contribution in [1.29, 1.82) is 0 Å². The number of hydrogen-bond donors (Lipinski definition) is 2. The fourth-order valence-corrected chi connectivity index (χ4v) is 4.27. The molecule has 150 valence electrons. The maximum atomic E-state index is 12.7. The minimum Gasteiger partial charge on any atom is -0.490 e. The van der Waals surface area contributed by atoms with Gasteiger partial charge >= 0.3 is 0 Å². The summed E-state index contributed by atoms with van der Waals surface area (Å²) in [4.78, 5) is 14.0. The summed E-state index contributed by atoms with van der Waals surface area (Å²) in [5.74, 6) is 1.68. The second-order valence-electron chi connectivity index (χ2n) is 7.75. The van der Waals surface area contributed by atoms with Crippen LogP contribution < -0.4 is 19.7 Å². The molecular formula is C21H29N4O3+. The van der Waals surface area contributed by atoms with Gasteiger partial charge in [-0.25, -0.2) is 0 Å². The zero-order valence-corrected chi connectivity index (χ0v) is 16.9. The molecule has 7 nitrogen and oxygen atoms in total. The summed E-state index contributed by atoms with van der Waals surface area (Å²) in [5.41, 5.74) is 3.88. The van der Waals surface area contributed by atoms with Gasteiger partial charge < -0.3 is 19.7 Å². The van der Waals surface area contributed by atoms with Crippen molar-refractivity contribution in [2.45, 2.75) is 39.2 Å². The third-order valence-electron chi connectivity index (χ3n) is 5.82. The van der Waals surface area contributed by atoms with Gasteiger partial charge in [0.25, 0.3) is 5.91 Å².